The van der Waals surface area contributed by atoms with Gasteiger partial charge in [0.15, 0.2) is 0 Å². The summed E-state index contributed by atoms with van der Waals surface area (Å²) in [6, 6.07) is 0. The Morgan fingerprint density at radius 1 is 0.421 bits per heavy atom. The minimum absolute atomic E-state index is 1.75. The molecule has 0 aliphatic heterocycles. The third kappa shape index (κ3) is 3.47. The Hall–Kier alpha value is -1.10. The van der Waals surface area contributed by atoms with E-state index < -0.39 is 42.3 Å². The molecule has 0 unspecified atom stereocenters. The van der Waals surface area contributed by atoms with Gasteiger partial charge in [0.05, 0.1) is 0 Å². The molecule has 0 radical (unpaired) electrons. The van der Waals surface area contributed by atoms with Crippen LogP contribution < -0.4 is 0 Å². The first kappa shape index (κ1) is 17.9. The highest BCUT2D eigenvalue weighted by Gasteiger charge is 2.82. The Kier molecular flexibility index (Phi) is 4.22. The van der Waals surface area contributed by atoms with Crippen LogP contribution >= 0.6 is 0 Å². The Morgan fingerprint density at radius 3 is 0.842 bits per heavy atom. The van der Waals surface area contributed by atoms with Gasteiger partial charge in [-0.05, 0) is 6.08 Å². The fourth-order valence-electron chi connectivity index (χ4n) is 0.985. The average Bonchev–Trinajstić information content (AvgIpc) is 1.92. The van der Waals surface area contributed by atoms with Crippen LogP contribution in [0, 0.1) is 5.41 Å². The molecule has 12 heteroatoms. The molecule has 0 aromatic carbocycles. The van der Waals surface area contributed by atoms with E-state index in [1.165, 1.54) is 0 Å². The maximum Gasteiger partial charge on any atom is 0.415 e. The van der Waals surface area contributed by atoms with Gasteiger partial charge in [0.1, 0.15) is 0 Å². The average molecular weight is 314 g/mol. The van der Waals surface area contributed by atoms with Crippen molar-refractivity contribution in [1.82, 2.24) is 0 Å². The fourth-order valence-corrected chi connectivity index (χ4v) is 0.985. The molecule has 0 fully saturated rings. The van der Waals surface area contributed by atoms with E-state index >= 15 is 0 Å². The number of alkyl halides is 12. The molecule has 0 spiro atoms. The Morgan fingerprint density at radius 2 is 0.684 bits per heavy atom. The second-order valence-corrected chi connectivity index (χ2v) is 3.18. The number of rotatable bonds is 1. The maximum atomic E-state index is 12.1. The molecule has 0 N–H and O–H groups in total. The Labute approximate surface area is 96.2 Å². The summed E-state index contributed by atoms with van der Waals surface area (Å²) in [5, 5.41) is 0. The Balaban J connectivity index is 6.21. The van der Waals surface area contributed by atoms with Crippen LogP contribution in [0.25, 0.3) is 0 Å². The van der Waals surface area contributed by atoms with Crippen molar-refractivity contribution in [3.63, 3.8) is 0 Å². The second-order valence-electron chi connectivity index (χ2n) is 3.18. The summed E-state index contributed by atoms with van der Waals surface area (Å²) < 4.78 is 143. The minimum atomic E-state index is -7.04. The quantitative estimate of drug-likeness (QED) is 0.483. The molecule has 0 amide bonds. The molecule has 19 heavy (non-hydrogen) atoms. The smallest absolute Gasteiger partial charge is 0.169 e. The predicted octanol–water partition coefficient (Wildman–Crippen LogP) is 4.78. The van der Waals surface area contributed by atoms with Crippen LogP contribution in [-0.4, -0.2) is 24.7 Å². The molecule has 0 bridgehead atoms. The van der Waals surface area contributed by atoms with Crippen molar-refractivity contribution in [2.45, 2.75) is 24.7 Å². The normalized spacial score (nSPS) is 16.2. The summed E-state index contributed by atoms with van der Waals surface area (Å²) in [5.74, 6) is 0. The zero-order valence-corrected chi connectivity index (χ0v) is 8.19. The summed E-state index contributed by atoms with van der Waals surface area (Å²) in [4.78, 5) is 0. The lowest BCUT2D eigenvalue weighted by atomic mass is 9.84. The molecule has 0 aromatic rings. The monoisotopic (exact) mass is 314 g/mol. The molecule has 0 rings (SSSR count). The molecule has 0 saturated carbocycles. The maximum absolute atomic E-state index is 12.1. The third-order valence-electron chi connectivity index (χ3n) is 1.86. The summed E-state index contributed by atoms with van der Waals surface area (Å²) in [7, 11) is 0. The van der Waals surface area contributed by atoms with Gasteiger partial charge in [-0.15, -0.1) is 0 Å². The van der Waals surface area contributed by atoms with Gasteiger partial charge in [-0.1, -0.05) is 0 Å². The molecular weight excluding hydrogens is 312 g/mol. The first-order valence-corrected chi connectivity index (χ1v) is 3.93. The number of hydrogen-bond acceptors (Lipinski definition) is 0. The van der Waals surface area contributed by atoms with Crippen molar-refractivity contribution < 1.29 is 52.7 Å². The van der Waals surface area contributed by atoms with Gasteiger partial charge in [0, 0.05) is 6.08 Å². The summed E-state index contributed by atoms with van der Waals surface area (Å²) in [6.07, 6.45) is -30.6. The molecule has 0 aliphatic rings. The summed E-state index contributed by atoms with van der Waals surface area (Å²) >= 11 is 0. The highest BCUT2D eigenvalue weighted by atomic mass is 19.4. The van der Waals surface area contributed by atoms with Gasteiger partial charge in [-0.2, -0.15) is 52.7 Å². The minimum Gasteiger partial charge on any atom is -0.169 e. The van der Waals surface area contributed by atoms with E-state index in [4.69, 9.17) is 0 Å². The van der Waals surface area contributed by atoms with Crippen LogP contribution in [0.2, 0.25) is 0 Å². The zero-order chi connectivity index (χ0) is 15.9. The summed E-state index contributed by atoms with van der Waals surface area (Å²) in [5.41, 5.74) is -6.58. The topological polar surface area (TPSA) is 0 Å². The molecule has 0 aromatic heterocycles. The molecule has 0 aliphatic carbocycles. The van der Waals surface area contributed by atoms with E-state index in [0.29, 0.717) is 0 Å². The third-order valence-corrected chi connectivity index (χ3v) is 1.86. The lowest BCUT2D eigenvalue weighted by molar-refractivity contribution is -0.407. The predicted molar refractivity (Wildman–Crippen MR) is 35.8 cm³/mol. The van der Waals surface area contributed by atoms with Crippen LogP contribution in [0.1, 0.15) is 0 Å². The van der Waals surface area contributed by atoms with E-state index in [2.05, 4.69) is 0 Å². The van der Waals surface area contributed by atoms with Crippen molar-refractivity contribution in [1.29, 1.82) is 0 Å². The molecule has 0 heterocycles. The van der Waals surface area contributed by atoms with Crippen LogP contribution in [0.15, 0.2) is 12.2 Å². The van der Waals surface area contributed by atoms with Gasteiger partial charge in [-0.25, -0.2) is 0 Å². The van der Waals surface area contributed by atoms with Crippen LogP contribution in [0.5, 0.6) is 0 Å². The van der Waals surface area contributed by atoms with Crippen molar-refractivity contribution in [3.05, 3.63) is 12.2 Å². The SMILES string of the molecule is FC(F)(F)/C=C/C(C(F)(F)F)(C(F)(F)F)C(F)(F)F. The summed E-state index contributed by atoms with van der Waals surface area (Å²) in [6.45, 7) is 0. The Bertz CT molecular complexity index is 297. The van der Waals surface area contributed by atoms with Crippen molar-refractivity contribution >= 4 is 0 Å². The largest absolute Gasteiger partial charge is 0.415 e. The molecule has 0 saturated heterocycles. The highest BCUT2D eigenvalue weighted by molar-refractivity contribution is 5.14. The first-order valence-electron chi connectivity index (χ1n) is 3.93. The number of halogens is 12. The first-order chi connectivity index (χ1) is 7.96. The second kappa shape index (κ2) is 4.47. The van der Waals surface area contributed by atoms with E-state index in [0.717, 1.165) is 0 Å². The standard InChI is InChI=1S/C7H2F12/c8-4(9,10)2-1-3(5(11,12)13,6(14,15)16)7(17,18)19/h1-2H/b2-1+. The lowest BCUT2D eigenvalue weighted by Crippen LogP contribution is -2.58. The van der Waals surface area contributed by atoms with Crippen molar-refractivity contribution in [2.75, 3.05) is 0 Å². The van der Waals surface area contributed by atoms with Crippen LogP contribution in [0.4, 0.5) is 52.7 Å². The molecule has 0 nitrogen and oxygen atoms in total. The van der Waals surface area contributed by atoms with Gasteiger partial charge in [0.25, 0.3) is 5.41 Å². The van der Waals surface area contributed by atoms with E-state index in [9.17, 15) is 52.7 Å². The number of hydrogen-bond donors (Lipinski definition) is 0. The van der Waals surface area contributed by atoms with E-state index in [1.807, 2.05) is 0 Å². The number of allylic oxidation sites excluding steroid dienone is 2. The van der Waals surface area contributed by atoms with Crippen molar-refractivity contribution in [3.8, 4) is 0 Å². The van der Waals surface area contributed by atoms with E-state index in [1.54, 1.807) is 0 Å². The lowest BCUT2D eigenvalue weighted by Gasteiger charge is -2.36. The zero-order valence-electron chi connectivity index (χ0n) is 8.19. The van der Waals surface area contributed by atoms with Crippen LogP contribution in [-0.2, 0) is 0 Å². The molecule has 0 atom stereocenters. The van der Waals surface area contributed by atoms with Gasteiger partial charge >= 0.3 is 24.7 Å². The molecule has 114 valence electrons. The van der Waals surface area contributed by atoms with Gasteiger partial charge in [-0.3, -0.25) is 0 Å². The molecular formula is C7H2F12. The van der Waals surface area contributed by atoms with Gasteiger partial charge in [0.2, 0.25) is 0 Å². The van der Waals surface area contributed by atoms with Gasteiger partial charge < -0.3 is 0 Å². The van der Waals surface area contributed by atoms with E-state index in [-0.39, 0.29) is 0 Å². The fraction of sp³-hybridized carbons (Fsp3) is 0.714. The van der Waals surface area contributed by atoms with Crippen molar-refractivity contribution in [2.24, 2.45) is 5.41 Å². The van der Waals surface area contributed by atoms with Crippen LogP contribution in [0.3, 0.4) is 0 Å². The highest BCUT2D eigenvalue weighted by Crippen LogP contribution is 2.60.